The first-order valence-corrected chi connectivity index (χ1v) is 6.03. The third-order valence-electron chi connectivity index (χ3n) is 2.63. The molecule has 0 saturated carbocycles. The molecule has 0 aromatic carbocycles. The van der Waals surface area contributed by atoms with Gasteiger partial charge in [-0.15, -0.1) is 0 Å². The van der Waals surface area contributed by atoms with E-state index in [1.165, 1.54) is 0 Å². The molecule has 0 aromatic heterocycles. The number of hydrogen-bond donors (Lipinski definition) is 1. The Hall–Kier alpha value is -1.02. The molecule has 0 heterocycles. The molecule has 0 aliphatic rings. The summed E-state index contributed by atoms with van der Waals surface area (Å²) >= 11 is 0. The van der Waals surface area contributed by atoms with Gasteiger partial charge in [0.2, 0.25) is 0 Å². The van der Waals surface area contributed by atoms with E-state index in [0.717, 1.165) is 12.0 Å². The molecule has 92 valence electrons. The lowest BCUT2D eigenvalue weighted by molar-refractivity contribution is 0.242. The summed E-state index contributed by atoms with van der Waals surface area (Å²) in [5.41, 5.74) is 1.16. The van der Waals surface area contributed by atoms with Crippen molar-refractivity contribution in [2.24, 2.45) is 11.8 Å². The van der Waals surface area contributed by atoms with Crippen LogP contribution in [0.25, 0.3) is 0 Å². The Labute approximate surface area is 100 Å². The largest absolute Gasteiger partial charge is 0.315 e. The maximum atomic E-state index is 5.95. The van der Waals surface area contributed by atoms with Crippen LogP contribution in [0.15, 0.2) is 36.1 Å². The summed E-state index contributed by atoms with van der Waals surface area (Å²) in [5, 5.41) is 1.79. The summed E-state index contributed by atoms with van der Waals surface area (Å²) in [7, 11) is 0. The molecule has 0 aliphatic carbocycles. The van der Waals surface area contributed by atoms with Crippen molar-refractivity contribution in [2.45, 2.75) is 47.1 Å². The van der Waals surface area contributed by atoms with E-state index in [-0.39, 0.29) is 0 Å². The van der Waals surface area contributed by atoms with Gasteiger partial charge in [-0.05, 0) is 31.8 Å². The second kappa shape index (κ2) is 8.17. The monoisotopic (exact) mass is 222 g/mol. The van der Waals surface area contributed by atoms with Crippen molar-refractivity contribution in [2.75, 3.05) is 0 Å². The molecule has 0 bridgehead atoms. The van der Waals surface area contributed by atoms with Gasteiger partial charge in [-0.1, -0.05) is 45.1 Å². The van der Waals surface area contributed by atoms with Crippen molar-refractivity contribution >= 4 is 0 Å². The van der Waals surface area contributed by atoms with E-state index in [2.05, 4.69) is 52.8 Å². The third-order valence-corrected chi connectivity index (χ3v) is 2.63. The van der Waals surface area contributed by atoms with Crippen LogP contribution in [0, 0.1) is 5.92 Å². The fourth-order valence-corrected chi connectivity index (χ4v) is 1.16. The molecule has 2 heteroatoms. The summed E-state index contributed by atoms with van der Waals surface area (Å²) in [4.78, 5) is 0. The lowest BCUT2D eigenvalue weighted by Gasteiger charge is -2.26. The molecule has 2 N–H and O–H groups in total. The van der Waals surface area contributed by atoms with Crippen LogP contribution in [0.2, 0.25) is 0 Å². The molecule has 1 atom stereocenters. The predicted molar refractivity (Wildman–Crippen MR) is 72.7 cm³/mol. The van der Waals surface area contributed by atoms with Crippen LogP contribution in [0.5, 0.6) is 0 Å². The maximum Gasteiger partial charge on any atom is 0.0440 e. The molecular formula is C14H26N2. The van der Waals surface area contributed by atoms with Gasteiger partial charge in [0.1, 0.15) is 0 Å². The topological polar surface area (TPSA) is 29.3 Å². The Morgan fingerprint density at radius 1 is 1.25 bits per heavy atom. The van der Waals surface area contributed by atoms with Gasteiger partial charge in [-0.3, -0.25) is 0 Å². The van der Waals surface area contributed by atoms with E-state index >= 15 is 0 Å². The average Bonchev–Trinajstić information content (AvgIpc) is 2.23. The molecule has 0 amide bonds. The van der Waals surface area contributed by atoms with E-state index in [1.807, 2.05) is 12.3 Å². The third kappa shape index (κ3) is 6.46. The number of hydrazine groups is 1. The average molecular weight is 222 g/mol. The number of allylic oxidation sites excluding steroid dienone is 5. The zero-order valence-electron chi connectivity index (χ0n) is 11.3. The van der Waals surface area contributed by atoms with Crippen molar-refractivity contribution in [1.82, 2.24) is 5.01 Å². The SMILES string of the molecule is CC/C=C/C=C/C(C)=C/N(N)C(C)C(C)C. The van der Waals surface area contributed by atoms with Gasteiger partial charge in [-0.2, -0.15) is 0 Å². The first-order chi connectivity index (χ1) is 7.49. The Morgan fingerprint density at radius 2 is 1.88 bits per heavy atom. The number of hydrogen-bond acceptors (Lipinski definition) is 2. The van der Waals surface area contributed by atoms with Crippen LogP contribution in [0.4, 0.5) is 0 Å². The van der Waals surface area contributed by atoms with E-state index in [1.54, 1.807) is 5.01 Å². The number of rotatable bonds is 6. The van der Waals surface area contributed by atoms with Crippen molar-refractivity contribution in [3.8, 4) is 0 Å². The summed E-state index contributed by atoms with van der Waals surface area (Å²) in [5.74, 6) is 6.51. The molecule has 1 unspecified atom stereocenters. The standard InChI is InChI=1S/C14H26N2/c1-6-7-8-9-10-13(4)11-16(15)14(5)12(2)3/h7-12,14H,6,15H2,1-5H3/b8-7+,10-9+,13-11+. The minimum absolute atomic E-state index is 0.356. The van der Waals surface area contributed by atoms with E-state index < -0.39 is 0 Å². The van der Waals surface area contributed by atoms with Crippen LogP contribution in [-0.4, -0.2) is 11.1 Å². The molecule has 0 aromatic rings. The second-order valence-corrected chi connectivity index (χ2v) is 4.50. The molecule has 0 rings (SSSR count). The van der Waals surface area contributed by atoms with Crippen LogP contribution in [0.3, 0.4) is 0 Å². The maximum absolute atomic E-state index is 5.95. The Morgan fingerprint density at radius 3 is 2.38 bits per heavy atom. The van der Waals surface area contributed by atoms with Gasteiger partial charge >= 0.3 is 0 Å². The summed E-state index contributed by atoms with van der Waals surface area (Å²) in [6, 6.07) is 0.356. The van der Waals surface area contributed by atoms with Gasteiger partial charge < -0.3 is 5.01 Å². The van der Waals surface area contributed by atoms with Gasteiger partial charge in [-0.25, -0.2) is 5.84 Å². The predicted octanol–water partition coefficient (Wildman–Crippen LogP) is 3.63. The highest BCUT2D eigenvalue weighted by molar-refractivity contribution is 5.19. The van der Waals surface area contributed by atoms with Crippen LogP contribution >= 0.6 is 0 Å². The molecular weight excluding hydrogens is 196 g/mol. The van der Waals surface area contributed by atoms with Crippen LogP contribution in [0.1, 0.15) is 41.0 Å². The summed E-state index contributed by atoms with van der Waals surface area (Å²) in [6.45, 7) is 10.7. The van der Waals surface area contributed by atoms with Crippen LogP contribution < -0.4 is 5.84 Å². The first kappa shape index (κ1) is 15.0. The fraction of sp³-hybridized carbons (Fsp3) is 0.571. The zero-order valence-corrected chi connectivity index (χ0v) is 11.3. The minimum atomic E-state index is 0.356. The molecule has 0 fully saturated rings. The molecule has 0 radical (unpaired) electrons. The number of nitrogens with zero attached hydrogens (tertiary/aromatic N) is 1. The van der Waals surface area contributed by atoms with Crippen molar-refractivity contribution in [3.63, 3.8) is 0 Å². The highest BCUT2D eigenvalue weighted by Crippen LogP contribution is 2.08. The molecule has 0 spiro atoms. The summed E-state index contributed by atoms with van der Waals surface area (Å²) < 4.78 is 0. The van der Waals surface area contributed by atoms with Crippen LogP contribution in [-0.2, 0) is 0 Å². The van der Waals surface area contributed by atoms with E-state index in [9.17, 15) is 0 Å². The smallest absolute Gasteiger partial charge is 0.0440 e. The zero-order chi connectivity index (χ0) is 12.6. The lowest BCUT2D eigenvalue weighted by Crippen LogP contribution is -2.38. The molecule has 2 nitrogen and oxygen atoms in total. The molecule has 16 heavy (non-hydrogen) atoms. The van der Waals surface area contributed by atoms with E-state index in [4.69, 9.17) is 5.84 Å². The number of nitrogens with two attached hydrogens (primary N) is 1. The van der Waals surface area contributed by atoms with Crippen molar-refractivity contribution in [1.29, 1.82) is 0 Å². The highest BCUT2D eigenvalue weighted by Gasteiger charge is 2.10. The van der Waals surface area contributed by atoms with Crippen molar-refractivity contribution in [3.05, 3.63) is 36.1 Å². The van der Waals surface area contributed by atoms with Gasteiger partial charge in [0.15, 0.2) is 0 Å². The highest BCUT2D eigenvalue weighted by atomic mass is 15.4. The Kier molecular flexibility index (Phi) is 7.65. The normalized spacial score (nSPS) is 15.3. The van der Waals surface area contributed by atoms with E-state index in [0.29, 0.717) is 12.0 Å². The minimum Gasteiger partial charge on any atom is -0.315 e. The van der Waals surface area contributed by atoms with Crippen molar-refractivity contribution < 1.29 is 0 Å². The molecule has 0 aliphatic heterocycles. The quantitative estimate of drug-likeness (QED) is 0.422. The summed E-state index contributed by atoms with van der Waals surface area (Å²) in [6.07, 6.45) is 11.4. The van der Waals surface area contributed by atoms with Gasteiger partial charge in [0.25, 0.3) is 0 Å². The van der Waals surface area contributed by atoms with Gasteiger partial charge in [0, 0.05) is 12.2 Å². The fourth-order valence-electron chi connectivity index (χ4n) is 1.16. The molecule has 0 saturated heterocycles. The Bertz CT molecular complexity index is 262. The lowest BCUT2D eigenvalue weighted by atomic mass is 10.1. The second-order valence-electron chi connectivity index (χ2n) is 4.50. The Balaban J connectivity index is 4.31. The first-order valence-electron chi connectivity index (χ1n) is 6.03. The van der Waals surface area contributed by atoms with Gasteiger partial charge in [0.05, 0.1) is 0 Å².